The van der Waals surface area contributed by atoms with Gasteiger partial charge < -0.3 is 15.8 Å². The molecule has 0 spiro atoms. The minimum Gasteiger partial charge on any atom is -0.560 e. The third-order valence-corrected chi connectivity index (χ3v) is 5.85. The molecule has 2 aromatic heterocycles. The van der Waals surface area contributed by atoms with E-state index in [4.69, 9.17) is 5.14 Å². The summed E-state index contributed by atoms with van der Waals surface area (Å²) in [6, 6.07) is 15.4. The Balaban J connectivity index is 0.00000231. The number of anilines is 2. The van der Waals surface area contributed by atoms with Crippen LogP contribution in [-0.2, 0) is 16.6 Å². The molecular weight excluding hydrogens is 490 g/mol. The van der Waals surface area contributed by atoms with Crippen LogP contribution in [0.4, 0.5) is 11.4 Å². The zero-order valence-electron chi connectivity index (χ0n) is 16.5. The maximum absolute atomic E-state index is 11.8. The summed E-state index contributed by atoms with van der Waals surface area (Å²) in [5, 5.41) is 17.5. The van der Waals surface area contributed by atoms with Crippen molar-refractivity contribution >= 4 is 33.0 Å². The Bertz CT molecular complexity index is 1420. The van der Waals surface area contributed by atoms with Crippen LogP contribution >= 0.6 is 0 Å². The van der Waals surface area contributed by atoms with Gasteiger partial charge in [-0.3, -0.25) is 4.79 Å². The topological polar surface area (TPSA) is 129 Å². The predicted molar refractivity (Wildman–Crippen MR) is 111 cm³/mol. The van der Waals surface area contributed by atoms with Crippen molar-refractivity contribution in [2.24, 2.45) is 0 Å². The van der Waals surface area contributed by atoms with Gasteiger partial charge in [-0.05, 0) is 54.1 Å². The molecule has 3 heterocycles. The average Bonchev–Trinajstić information content (AvgIpc) is 3.35. The third kappa shape index (κ3) is 4.23. The summed E-state index contributed by atoms with van der Waals surface area (Å²) in [5.74, 6) is -0.0637. The molecule has 0 unspecified atom stereocenters. The molecule has 0 bridgehead atoms. The zero-order chi connectivity index (χ0) is 20.9. The summed E-state index contributed by atoms with van der Waals surface area (Å²) >= 11 is 0. The number of pyridine rings is 1. The molecule has 0 aliphatic carbocycles. The fourth-order valence-electron chi connectivity index (χ4n) is 3.49. The van der Waals surface area contributed by atoms with Gasteiger partial charge in [0.05, 0.1) is 21.4 Å². The standard InChI is InChI=1S/C20H16N6O3S.Rb/c21-30(28,29)15-4-2-14(3-5-15)25-17-7-8-18(26-19(17)23-11-24-26)12-1-6-16-13(9-12)10-22-20(16)27;/h1-9,11H,10H2,(H4,21,22,25,27,28,29);/q;+1/p-1. The van der Waals surface area contributed by atoms with Gasteiger partial charge in [-0.2, -0.15) is 5.10 Å². The van der Waals surface area contributed by atoms with Crippen LogP contribution in [0.3, 0.4) is 0 Å². The normalized spacial score (nSPS) is 12.9. The zero-order valence-corrected chi connectivity index (χ0v) is 22.2. The first-order valence-electron chi connectivity index (χ1n) is 9.01. The van der Waals surface area contributed by atoms with Crippen LogP contribution in [0.5, 0.6) is 0 Å². The van der Waals surface area contributed by atoms with Crippen molar-refractivity contribution in [1.82, 2.24) is 19.9 Å². The number of rotatable bonds is 4. The first-order chi connectivity index (χ1) is 14.4. The molecule has 31 heavy (non-hydrogen) atoms. The molecule has 9 nitrogen and oxygen atoms in total. The van der Waals surface area contributed by atoms with E-state index in [0.717, 1.165) is 16.8 Å². The fourth-order valence-corrected chi connectivity index (χ4v) is 3.98. The maximum Gasteiger partial charge on any atom is 1.00 e. The Morgan fingerprint density at radius 2 is 1.84 bits per heavy atom. The molecule has 3 N–H and O–H groups in total. The molecule has 0 atom stereocenters. The van der Waals surface area contributed by atoms with Crippen molar-refractivity contribution in [2.75, 3.05) is 5.32 Å². The second kappa shape index (κ2) is 8.53. The van der Waals surface area contributed by atoms with Gasteiger partial charge in [-0.25, -0.2) is 17.9 Å². The molecule has 4 aromatic rings. The summed E-state index contributed by atoms with van der Waals surface area (Å²) in [6.07, 6.45) is 1.46. The summed E-state index contributed by atoms with van der Waals surface area (Å²) < 4.78 is 24.3. The van der Waals surface area contributed by atoms with Crippen LogP contribution in [0.1, 0.15) is 15.9 Å². The average molecular weight is 505 g/mol. The number of carbonyl (C=O) groups is 1. The summed E-state index contributed by atoms with van der Waals surface area (Å²) in [5.41, 5.74) is 5.31. The van der Waals surface area contributed by atoms with Gasteiger partial charge in [0, 0.05) is 28.3 Å². The first-order valence-corrected chi connectivity index (χ1v) is 10.5. The van der Waals surface area contributed by atoms with Gasteiger partial charge in [-0.15, -0.1) is 0 Å². The van der Waals surface area contributed by atoms with E-state index in [1.54, 1.807) is 16.6 Å². The van der Waals surface area contributed by atoms with Crippen LogP contribution in [-0.4, -0.2) is 28.9 Å². The van der Waals surface area contributed by atoms with E-state index in [9.17, 15) is 13.2 Å². The van der Waals surface area contributed by atoms with E-state index in [-0.39, 0.29) is 69.0 Å². The van der Waals surface area contributed by atoms with Crippen LogP contribution in [0.2, 0.25) is 0 Å². The van der Waals surface area contributed by atoms with Gasteiger partial charge in [-0.1, -0.05) is 6.07 Å². The van der Waals surface area contributed by atoms with Crippen molar-refractivity contribution in [1.29, 1.82) is 0 Å². The summed E-state index contributed by atoms with van der Waals surface area (Å²) in [4.78, 5) is 16.1. The van der Waals surface area contributed by atoms with Gasteiger partial charge in [0.25, 0.3) is 5.91 Å². The van der Waals surface area contributed by atoms with Gasteiger partial charge in [0.1, 0.15) is 6.33 Å². The monoisotopic (exact) mass is 504 g/mol. The Morgan fingerprint density at radius 3 is 2.58 bits per heavy atom. The number of amides is 1. The van der Waals surface area contributed by atoms with Crippen LogP contribution < -0.4 is 68.8 Å². The van der Waals surface area contributed by atoms with E-state index in [1.807, 2.05) is 30.3 Å². The molecule has 11 heteroatoms. The number of fused-ring (bicyclic) bond motifs is 2. The van der Waals surface area contributed by atoms with Crippen molar-refractivity contribution < 1.29 is 71.4 Å². The number of benzene rings is 2. The molecule has 1 aliphatic heterocycles. The fraction of sp³-hybridized carbons (Fsp3) is 0.0500. The third-order valence-electron chi connectivity index (χ3n) is 4.95. The quantitative estimate of drug-likeness (QED) is 0.406. The predicted octanol–water partition coefficient (Wildman–Crippen LogP) is 0.128. The smallest absolute Gasteiger partial charge is 0.560 e. The molecule has 0 saturated heterocycles. The Morgan fingerprint density at radius 1 is 1.06 bits per heavy atom. The van der Waals surface area contributed by atoms with Gasteiger partial charge in [0.2, 0.25) is 0 Å². The van der Waals surface area contributed by atoms with Crippen molar-refractivity contribution in [3.05, 3.63) is 77.2 Å². The van der Waals surface area contributed by atoms with Crippen LogP contribution in [0, 0.1) is 0 Å². The SMILES string of the molecule is [NH-]S(=O)(=O)c1ccc(Nc2ccc(-c3ccc4c(c3)CNC4=O)n3ncnc23)cc1.[Rb+]. The molecule has 2 aromatic carbocycles. The van der Waals surface area contributed by atoms with Crippen LogP contribution in [0.25, 0.3) is 22.0 Å². The number of hydrogen-bond donors (Lipinski definition) is 2. The molecule has 5 rings (SSSR count). The Kier molecular flexibility index (Phi) is 6.12. The molecule has 0 fully saturated rings. The van der Waals surface area contributed by atoms with E-state index >= 15 is 0 Å². The molecule has 1 aliphatic rings. The van der Waals surface area contributed by atoms with Crippen molar-refractivity contribution in [3.63, 3.8) is 0 Å². The first kappa shape index (κ1) is 22.2. The maximum atomic E-state index is 11.8. The number of nitrogens with zero attached hydrogens (tertiary/aromatic N) is 3. The number of nitrogens with one attached hydrogen (secondary N) is 3. The largest absolute Gasteiger partial charge is 1.00 e. The molecular formula is C20H15N6O3RbS. The van der Waals surface area contributed by atoms with Crippen molar-refractivity contribution in [2.45, 2.75) is 11.4 Å². The Labute approximate surface area is 226 Å². The van der Waals surface area contributed by atoms with Gasteiger partial charge >= 0.3 is 58.2 Å². The van der Waals surface area contributed by atoms with E-state index < -0.39 is 10.0 Å². The van der Waals surface area contributed by atoms with Crippen LogP contribution in [0.15, 0.2) is 65.8 Å². The number of carbonyl (C=O) groups excluding carboxylic acids is 1. The second-order valence-electron chi connectivity index (χ2n) is 6.84. The van der Waals surface area contributed by atoms with Gasteiger partial charge in [0.15, 0.2) is 5.65 Å². The number of sulfonamides is 1. The van der Waals surface area contributed by atoms with Crippen molar-refractivity contribution in [3.8, 4) is 11.3 Å². The molecule has 0 saturated carbocycles. The number of hydrogen-bond acceptors (Lipinski definition) is 6. The minimum absolute atomic E-state index is 0. The number of aromatic nitrogens is 3. The Hall–Kier alpha value is -1.95. The minimum atomic E-state index is -3.99. The summed E-state index contributed by atoms with van der Waals surface area (Å²) in [6.45, 7) is 0.506. The van der Waals surface area contributed by atoms with E-state index in [1.165, 1.54) is 18.5 Å². The summed E-state index contributed by atoms with van der Waals surface area (Å²) in [7, 11) is -3.99. The van der Waals surface area contributed by atoms with E-state index in [0.29, 0.717) is 29.1 Å². The second-order valence-corrected chi connectivity index (χ2v) is 8.31. The molecule has 150 valence electrons. The molecule has 0 radical (unpaired) electrons. The van der Waals surface area contributed by atoms with E-state index in [2.05, 4.69) is 20.7 Å². The molecule has 1 amide bonds.